The first-order valence-corrected chi connectivity index (χ1v) is 7.51. The van der Waals surface area contributed by atoms with Crippen LogP contribution in [0.3, 0.4) is 0 Å². The van der Waals surface area contributed by atoms with Gasteiger partial charge < -0.3 is 10.1 Å². The molecule has 0 saturated heterocycles. The maximum atomic E-state index is 5.20. The van der Waals surface area contributed by atoms with Gasteiger partial charge in [-0.2, -0.15) is 0 Å². The van der Waals surface area contributed by atoms with Crippen molar-refractivity contribution >= 4 is 22.3 Å². The van der Waals surface area contributed by atoms with Gasteiger partial charge in [0.05, 0.1) is 30.7 Å². The molecule has 0 aliphatic rings. The number of rotatable bonds is 4. The maximum Gasteiger partial charge on any atom is 0.157 e. The van der Waals surface area contributed by atoms with E-state index >= 15 is 0 Å². The molecule has 1 N–H and O–H groups in total. The molecule has 2 heterocycles. The third kappa shape index (κ3) is 2.65. The van der Waals surface area contributed by atoms with Gasteiger partial charge in [0.25, 0.3) is 0 Å². The predicted octanol–water partition coefficient (Wildman–Crippen LogP) is 3.57. The SMILES string of the molecule is COc1ccc(Nc2cc(-n3ccnn3)nc3ccccc23)cc1. The lowest BCUT2D eigenvalue weighted by Gasteiger charge is -2.12. The molecule has 0 saturated carbocycles. The highest BCUT2D eigenvalue weighted by Crippen LogP contribution is 2.28. The van der Waals surface area contributed by atoms with Gasteiger partial charge in [0.1, 0.15) is 5.75 Å². The Morgan fingerprint density at radius 1 is 1.04 bits per heavy atom. The van der Waals surface area contributed by atoms with Gasteiger partial charge in [0, 0.05) is 17.1 Å². The van der Waals surface area contributed by atoms with Crippen molar-refractivity contribution in [2.45, 2.75) is 0 Å². The van der Waals surface area contributed by atoms with Crippen LogP contribution in [0.5, 0.6) is 5.75 Å². The quantitative estimate of drug-likeness (QED) is 0.623. The summed E-state index contributed by atoms with van der Waals surface area (Å²) in [6.07, 6.45) is 3.40. The summed E-state index contributed by atoms with van der Waals surface area (Å²) in [5, 5.41) is 12.4. The van der Waals surface area contributed by atoms with E-state index in [0.717, 1.165) is 28.0 Å². The molecule has 0 unspecified atom stereocenters. The first-order valence-electron chi connectivity index (χ1n) is 7.51. The normalized spacial score (nSPS) is 10.7. The van der Waals surface area contributed by atoms with Crippen molar-refractivity contribution in [3.8, 4) is 11.6 Å². The maximum absolute atomic E-state index is 5.20. The lowest BCUT2D eigenvalue weighted by atomic mass is 10.1. The van der Waals surface area contributed by atoms with Gasteiger partial charge in [-0.05, 0) is 30.3 Å². The fourth-order valence-corrected chi connectivity index (χ4v) is 2.54. The summed E-state index contributed by atoms with van der Waals surface area (Å²) < 4.78 is 6.85. The largest absolute Gasteiger partial charge is 0.497 e. The van der Waals surface area contributed by atoms with Crippen LogP contribution in [0, 0.1) is 0 Å². The van der Waals surface area contributed by atoms with Crippen molar-refractivity contribution in [3.05, 3.63) is 67.0 Å². The van der Waals surface area contributed by atoms with Crippen LogP contribution in [0.2, 0.25) is 0 Å². The molecule has 24 heavy (non-hydrogen) atoms. The molecule has 6 nitrogen and oxygen atoms in total. The predicted molar refractivity (Wildman–Crippen MR) is 92.9 cm³/mol. The van der Waals surface area contributed by atoms with E-state index in [1.165, 1.54) is 0 Å². The number of benzene rings is 2. The molecule has 0 radical (unpaired) electrons. The molecule has 2 aromatic carbocycles. The second kappa shape index (κ2) is 6.00. The molecule has 0 aliphatic carbocycles. The number of pyridine rings is 1. The molecule has 0 atom stereocenters. The molecule has 2 aromatic heterocycles. The Morgan fingerprint density at radius 3 is 2.62 bits per heavy atom. The number of nitrogens with zero attached hydrogens (tertiary/aromatic N) is 4. The number of methoxy groups -OCH3 is 1. The van der Waals surface area contributed by atoms with Crippen LogP contribution in [0.1, 0.15) is 0 Å². The second-order valence-corrected chi connectivity index (χ2v) is 5.25. The van der Waals surface area contributed by atoms with Crippen molar-refractivity contribution in [1.82, 2.24) is 20.0 Å². The third-order valence-corrected chi connectivity index (χ3v) is 3.73. The minimum absolute atomic E-state index is 0.710. The lowest BCUT2D eigenvalue weighted by Crippen LogP contribution is -2.01. The Labute approximate surface area is 138 Å². The lowest BCUT2D eigenvalue weighted by molar-refractivity contribution is 0.415. The molecule has 0 aliphatic heterocycles. The van der Waals surface area contributed by atoms with E-state index in [1.54, 1.807) is 24.2 Å². The molecule has 0 fully saturated rings. The van der Waals surface area contributed by atoms with E-state index in [2.05, 4.69) is 20.6 Å². The number of nitrogens with one attached hydrogen (secondary N) is 1. The Morgan fingerprint density at radius 2 is 1.88 bits per heavy atom. The van der Waals surface area contributed by atoms with Crippen LogP contribution >= 0.6 is 0 Å². The highest BCUT2D eigenvalue weighted by Gasteiger charge is 2.08. The van der Waals surface area contributed by atoms with Crippen LogP contribution < -0.4 is 10.1 Å². The van der Waals surface area contributed by atoms with Crippen molar-refractivity contribution in [2.24, 2.45) is 0 Å². The van der Waals surface area contributed by atoms with Crippen LogP contribution in [0.15, 0.2) is 67.0 Å². The van der Waals surface area contributed by atoms with Gasteiger partial charge in [-0.1, -0.05) is 23.4 Å². The van der Waals surface area contributed by atoms with Crippen molar-refractivity contribution < 1.29 is 4.74 Å². The Hall–Kier alpha value is -3.41. The van der Waals surface area contributed by atoms with Crippen LogP contribution in [-0.2, 0) is 0 Å². The number of fused-ring (bicyclic) bond motifs is 1. The summed E-state index contributed by atoms with van der Waals surface area (Å²) in [6, 6.07) is 17.7. The van der Waals surface area contributed by atoms with Gasteiger partial charge in [-0.25, -0.2) is 9.67 Å². The zero-order valence-corrected chi connectivity index (χ0v) is 13.0. The topological polar surface area (TPSA) is 64.9 Å². The molecule has 0 spiro atoms. The molecule has 0 amide bonds. The van der Waals surface area contributed by atoms with Crippen molar-refractivity contribution in [2.75, 3.05) is 12.4 Å². The number of anilines is 2. The smallest absolute Gasteiger partial charge is 0.157 e. The van der Waals surface area contributed by atoms with Crippen LogP contribution in [0.25, 0.3) is 16.7 Å². The summed E-state index contributed by atoms with van der Waals surface area (Å²) in [5.74, 6) is 1.53. The summed E-state index contributed by atoms with van der Waals surface area (Å²) >= 11 is 0. The number of hydrogen-bond donors (Lipinski definition) is 1. The van der Waals surface area contributed by atoms with Crippen LogP contribution in [-0.4, -0.2) is 27.1 Å². The van der Waals surface area contributed by atoms with Gasteiger partial charge in [-0.15, -0.1) is 5.10 Å². The number of para-hydroxylation sites is 1. The van der Waals surface area contributed by atoms with E-state index < -0.39 is 0 Å². The van der Waals surface area contributed by atoms with Gasteiger partial charge in [0.15, 0.2) is 5.82 Å². The zero-order chi connectivity index (χ0) is 16.4. The first-order chi connectivity index (χ1) is 11.8. The van der Waals surface area contributed by atoms with Gasteiger partial charge in [0.2, 0.25) is 0 Å². The third-order valence-electron chi connectivity index (χ3n) is 3.73. The van der Waals surface area contributed by atoms with E-state index in [9.17, 15) is 0 Å². The fourth-order valence-electron chi connectivity index (χ4n) is 2.54. The zero-order valence-electron chi connectivity index (χ0n) is 13.0. The first kappa shape index (κ1) is 14.2. The van der Waals surface area contributed by atoms with E-state index in [0.29, 0.717) is 5.82 Å². The minimum atomic E-state index is 0.710. The summed E-state index contributed by atoms with van der Waals surface area (Å²) in [7, 11) is 1.66. The average Bonchev–Trinajstić information content (AvgIpc) is 3.17. The van der Waals surface area contributed by atoms with Gasteiger partial charge >= 0.3 is 0 Å². The van der Waals surface area contributed by atoms with Gasteiger partial charge in [-0.3, -0.25) is 0 Å². The summed E-state index contributed by atoms with van der Waals surface area (Å²) in [5.41, 5.74) is 2.81. The highest BCUT2D eigenvalue weighted by molar-refractivity contribution is 5.94. The Balaban J connectivity index is 1.80. The average molecular weight is 317 g/mol. The van der Waals surface area contributed by atoms with E-state index in [4.69, 9.17) is 4.74 Å². The van der Waals surface area contributed by atoms with E-state index in [1.807, 2.05) is 54.6 Å². The monoisotopic (exact) mass is 317 g/mol. The molecule has 4 rings (SSSR count). The second-order valence-electron chi connectivity index (χ2n) is 5.25. The molecule has 4 aromatic rings. The molecule has 6 heteroatoms. The van der Waals surface area contributed by atoms with Crippen molar-refractivity contribution in [1.29, 1.82) is 0 Å². The van der Waals surface area contributed by atoms with Crippen molar-refractivity contribution in [3.63, 3.8) is 0 Å². The molecular weight excluding hydrogens is 302 g/mol. The Bertz CT molecular complexity index is 965. The molecule has 118 valence electrons. The number of aromatic nitrogens is 4. The fraction of sp³-hybridized carbons (Fsp3) is 0.0556. The number of hydrogen-bond acceptors (Lipinski definition) is 5. The minimum Gasteiger partial charge on any atom is -0.497 e. The summed E-state index contributed by atoms with van der Waals surface area (Å²) in [4.78, 5) is 4.65. The van der Waals surface area contributed by atoms with E-state index in [-0.39, 0.29) is 0 Å². The number of ether oxygens (including phenoxy) is 1. The standard InChI is InChI=1S/C18H15N5O/c1-24-14-8-6-13(7-9-14)20-17-12-18(23-11-10-19-22-23)21-16-5-3-2-4-15(16)17/h2-12H,1H3,(H,20,21). The Kier molecular flexibility index (Phi) is 3.55. The highest BCUT2D eigenvalue weighted by atomic mass is 16.5. The molecule has 0 bridgehead atoms. The molecular formula is C18H15N5O. The van der Waals surface area contributed by atoms with Crippen LogP contribution in [0.4, 0.5) is 11.4 Å². The summed E-state index contributed by atoms with van der Waals surface area (Å²) in [6.45, 7) is 0.